The van der Waals surface area contributed by atoms with Crippen molar-refractivity contribution < 1.29 is 0 Å². The zero-order valence-corrected chi connectivity index (χ0v) is 26.1. The van der Waals surface area contributed by atoms with E-state index in [1.807, 2.05) is 6.07 Å². The SMILES string of the molecule is c1ccc2c(c1)-c1ccccc1C21c2cc(-c3ccc(-c4ccc5ccccc5n4)cc3)ccc2-n2c3ccccc3c3cccc1c32. The first-order valence-corrected chi connectivity index (χ1v) is 16.6. The minimum Gasteiger partial charge on any atom is -0.309 e. The lowest BCUT2D eigenvalue weighted by molar-refractivity contribution is 0.749. The normalized spacial score (nSPS) is 13.6. The van der Waals surface area contributed by atoms with Crippen LogP contribution in [0.15, 0.2) is 170 Å². The standard InChI is InChI=1S/C46H28N2/c1-7-18-41-30(10-1)24-26-42(47-41)31-22-20-29(21-23-31)32-25-27-44-40(28-32)46(37-15-5-2-11-33(37)34-12-3-6-16-38(34)46)39-17-9-14-36-35-13-4-8-19-43(35)48(44)45(36)39/h1-28H. The van der Waals surface area contributed by atoms with Crippen molar-refractivity contribution in [3.63, 3.8) is 0 Å². The largest absolute Gasteiger partial charge is 0.309 e. The summed E-state index contributed by atoms with van der Waals surface area (Å²) >= 11 is 0. The van der Waals surface area contributed by atoms with Crippen LogP contribution in [0.5, 0.6) is 0 Å². The smallest absolute Gasteiger partial charge is 0.0754 e. The van der Waals surface area contributed by atoms with Gasteiger partial charge in [-0.05, 0) is 74.8 Å². The number of aromatic nitrogens is 2. The molecule has 1 spiro atoms. The quantitative estimate of drug-likeness (QED) is 0.191. The van der Waals surface area contributed by atoms with Gasteiger partial charge in [0.25, 0.3) is 0 Å². The van der Waals surface area contributed by atoms with Gasteiger partial charge in [0.15, 0.2) is 0 Å². The maximum Gasteiger partial charge on any atom is 0.0754 e. The third-order valence-corrected chi connectivity index (χ3v) is 10.8. The number of pyridine rings is 1. The number of para-hydroxylation sites is 3. The minimum absolute atomic E-state index is 0.447. The summed E-state index contributed by atoms with van der Waals surface area (Å²) in [7, 11) is 0. The molecule has 2 aromatic heterocycles. The van der Waals surface area contributed by atoms with Crippen molar-refractivity contribution in [3.05, 3.63) is 192 Å². The summed E-state index contributed by atoms with van der Waals surface area (Å²) in [5.74, 6) is 0. The van der Waals surface area contributed by atoms with Gasteiger partial charge in [-0.1, -0.05) is 140 Å². The molecule has 0 saturated heterocycles. The van der Waals surface area contributed by atoms with E-state index in [0.717, 1.165) is 22.2 Å². The summed E-state index contributed by atoms with van der Waals surface area (Å²) < 4.78 is 2.52. The highest BCUT2D eigenvalue weighted by molar-refractivity contribution is 6.13. The molecule has 0 N–H and O–H groups in total. The number of rotatable bonds is 2. The predicted octanol–water partition coefficient (Wildman–Crippen LogP) is 11.3. The number of benzene rings is 7. The van der Waals surface area contributed by atoms with Crippen molar-refractivity contribution in [1.82, 2.24) is 9.55 Å². The molecule has 0 fully saturated rings. The van der Waals surface area contributed by atoms with Crippen molar-refractivity contribution in [3.8, 4) is 39.2 Å². The molecular weight excluding hydrogens is 581 g/mol. The molecule has 1 aliphatic heterocycles. The molecule has 11 rings (SSSR count). The Hall–Kier alpha value is -6.25. The second-order valence-corrected chi connectivity index (χ2v) is 13.1. The molecule has 9 aromatic rings. The van der Waals surface area contributed by atoms with E-state index in [1.54, 1.807) is 0 Å². The second kappa shape index (κ2) is 9.40. The molecule has 3 heterocycles. The van der Waals surface area contributed by atoms with E-state index in [1.165, 1.54) is 72.0 Å². The van der Waals surface area contributed by atoms with E-state index in [9.17, 15) is 0 Å². The third-order valence-electron chi connectivity index (χ3n) is 10.8. The lowest BCUT2D eigenvalue weighted by Crippen LogP contribution is -2.33. The number of fused-ring (bicyclic) bond motifs is 13. The zero-order valence-electron chi connectivity index (χ0n) is 26.1. The average Bonchev–Trinajstić information content (AvgIpc) is 3.65. The van der Waals surface area contributed by atoms with Gasteiger partial charge in [-0.2, -0.15) is 0 Å². The Bertz CT molecular complexity index is 2740. The highest BCUT2D eigenvalue weighted by Crippen LogP contribution is 2.61. The van der Waals surface area contributed by atoms with Crippen molar-refractivity contribution >= 4 is 32.7 Å². The first kappa shape index (κ1) is 25.9. The zero-order chi connectivity index (χ0) is 31.4. The minimum atomic E-state index is -0.447. The molecule has 0 amide bonds. The second-order valence-electron chi connectivity index (χ2n) is 13.1. The van der Waals surface area contributed by atoms with Crippen molar-refractivity contribution in [1.29, 1.82) is 0 Å². The van der Waals surface area contributed by atoms with Crippen LogP contribution in [0.1, 0.15) is 22.3 Å². The van der Waals surface area contributed by atoms with Crippen molar-refractivity contribution in [2.45, 2.75) is 5.41 Å². The highest BCUT2D eigenvalue weighted by Gasteiger charge is 2.50. The van der Waals surface area contributed by atoms with Crippen LogP contribution >= 0.6 is 0 Å². The predicted molar refractivity (Wildman–Crippen MR) is 198 cm³/mol. The van der Waals surface area contributed by atoms with Crippen molar-refractivity contribution in [2.75, 3.05) is 0 Å². The molecule has 0 bridgehead atoms. The molecule has 0 atom stereocenters. The van der Waals surface area contributed by atoms with Crippen LogP contribution in [0.3, 0.4) is 0 Å². The van der Waals surface area contributed by atoms with E-state index < -0.39 is 5.41 Å². The molecule has 222 valence electrons. The van der Waals surface area contributed by atoms with Gasteiger partial charge in [-0.3, -0.25) is 0 Å². The molecule has 48 heavy (non-hydrogen) atoms. The maximum atomic E-state index is 4.95. The van der Waals surface area contributed by atoms with Gasteiger partial charge in [-0.25, -0.2) is 4.98 Å². The Balaban J connectivity index is 1.18. The molecule has 0 radical (unpaired) electrons. The first-order valence-electron chi connectivity index (χ1n) is 16.6. The summed E-state index contributed by atoms with van der Waals surface area (Å²) in [5.41, 5.74) is 16.9. The molecule has 1 aliphatic carbocycles. The lowest BCUT2D eigenvalue weighted by atomic mass is 9.65. The maximum absolute atomic E-state index is 4.95. The van der Waals surface area contributed by atoms with Crippen LogP contribution in [0, 0.1) is 0 Å². The Morgan fingerprint density at radius 3 is 1.92 bits per heavy atom. The summed E-state index contributed by atoms with van der Waals surface area (Å²) in [6.45, 7) is 0. The van der Waals surface area contributed by atoms with Crippen LogP contribution in [-0.4, -0.2) is 9.55 Å². The summed E-state index contributed by atoms with van der Waals surface area (Å²) in [5, 5.41) is 3.75. The van der Waals surface area contributed by atoms with Gasteiger partial charge in [0.1, 0.15) is 0 Å². The number of nitrogens with zero attached hydrogens (tertiary/aromatic N) is 2. The van der Waals surface area contributed by atoms with Gasteiger partial charge in [0.2, 0.25) is 0 Å². The van der Waals surface area contributed by atoms with E-state index >= 15 is 0 Å². The molecule has 0 saturated carbocycles. The fourth-order valence-corrected chi connectivity index (χ4v) is 8.80. The van der Waals surface area contributed by atoms with Crippen LogP contribution in [0.2, 0.25) is 0 Å². The molecule has 0 unspecified atom stereocenters. The van der Waals surface area contributed by atoms with E-state index in [2.05, 4.69) is 168 Å². The third kappa shape index (κ3) is 3.24. The Morgan fingerprint density at radius 1 is 0.438 bits per heavy atom. The lowest BCUT2D eigenvalue weighted by Gasteiger charge is -2.40. The summed E-state index contributed by atoms with van der Waals surface area (Å²) in [6.07, 6.45) is 0. The molecule has 2 aliphatic rings. The van der Waals surface area contributed by atoms with Crippen molar-refractivity contribution in [2.24, 2.45) is 0 Å². The van der Waals surface area contributed by atoms with Gasteiger partial charge in [0, 0.05) is 21.7 Å². The van der Waals surface area contributed by atoms with Crippen LogP contribution in [-0.2, 0) is 5.41 Å². The van der Waals surface area contributed by atoms with Gasteiger partial charge in [-0.15, -0.1) is 0 Å². The van der Waals surface area contributed by atoms with E-state index in [4.69, 9.17) is 4.98 Å². The Kier molecular flexibility index (Phi) is 5.07. The molecule has 2 heteroatoms. The number of hydrogen-bond donors (Lipinski definition) is 0. The Morgan fingerprint density at radius 2 is 1.08 bits per heavy atom. The van der Waals surface area contributed by atoms with Gasteiger partial charge in [0.05, 0.1) is 33.3 Å². The average molecular weight is 609 g/mol. The molecule has 7 aromatic carbocycles. The van der Waals surface area contributed by atoms with Gasteiger partial charge < -0.3 is 4.57 Å². The monoisotopic (exact) mass is 608 g/mol. The van der Waals surface area contributed by atoms with Crippen LogP contribution in [0.4, 0.5) is 0 Å². The first-order chi connectivity index (χ1) is 23.8. The fourth-order valence-electron chi connectivity index (χ4n) is 8.80. The summed E-state index contributed by atoms with van der Waals surface area (Å²) in [4.78, 5) is 4.95. The fraction of sp³-hybridized carbons (Fsp3) is 0.0217. The highest BCUT2D eigenvalue weighted by atomic mass is 15.0. The van der Waals surface area contributed by atoms with Crippen LogP contribution < -0.4 is 0 Å². The summed E-state index contributed by atoms with van der Waals surface area (Å²) in [6, 6.07) is 62.5. The molecular formula is C46H28N2. The number of hydrogen-bond acceptors (Lipinski definition) is 1. The van der Waals surface area contributed by atoms with Gasteiger partial charge >= 0.3 is 0 Å². The van der Waals surface area contributed by atoms with E-state index in [0.29, 0.717) is 0 Å². The Labute approximate surface area is 278 Å². The topological polar surface area (TPSA) is 17.8 Å². The van der Waals surface area contributed by atoms with E-state index in [-0.39, 0.29) is 0 Å². The molecule has 2 nitrogen and oxygen atoms in total. The van der Waals surface area contributed by atoms with Crippen LogP contribution in [0.25, 0.3) is 71.9 Å².